The number of hydrogen-bond acceptors (Lipinski definition) is 7. The van der Waals surface area contributed by atoms with Gasteiger partial charge in [0.25, 0.3) is 5.91 Å². The third kappa shape index (κ3) is 3.74. The normalized spacial score (nSPS) is 17.6. The molecule has 0 radical (unpaired) electrons. The van der Waals surface area contributed by atoms with Crippen LogP contribution in [0.5, 0.6) is 0 Å². The third-order valence-electron chi connectivity index (χ3n) is 2.96. The summed E-state index contributed by atoms with van der Waals surface area (Å²) in [7, 11) is 0. The van der Waals surface area contributed by atoms with Gasteiger partial charge in [-0.25, -0.2) is 4.39 Å². The fraction of sp³-hybridized carbons (Fsp3) is 0.143. The quantitative estimate of drug-likeness (QED) is 0.509. The molecule has 9 heteroatoms. The molecule has 0 spiro atoms. The van der Waals surface area contributed by atoms with Gasteiger partial charge in [0.1, 0.15) is 10.1 Å². The summed E-state index contributed by atoms with van der Waals surface area (Å²) in [6.45, 7) is 0. The number of amides is 1. The summed E-state index contributed by atoms with van der Waals surface area (Å²) in [6.07, 6.45) is 0.266. The molecule has 1 aliphatic heterocycles. The highest BCUT2D eigenvalue weighted by Gasteiger charge is 2.37. The molecule has 0 saturated carbocycles. The van der Waals surface area contributed by atoms with Crippen LogP contribution in [0.3, 0.4) is 0 Å². The Morgan fingerprint density at radius 2 is 2.00 bits per heavy atom. The Morgan fingerprint density at radius 1 is 1.35 bits per heavy atom. The number of carbonyl (C=O) groups is 3. The maximum Gasteiger partial charge on any atom is 0.266 e. The largest absolute Gasteiger partial charge is 0.550 e. The number of thiocarbonyl (C=S) groups is 1. The zero-order valence-electron chi connectivity index (χ0n) is 11.4. The Labute approximate surface area is 139 Å². The van der Waals surface area contributed by atoms with Crippen LogP contribution in [0.25, 0.3) is 6.08 Å². The molecule has 1 aromatic rings. The molecular formula is C14H8FNO5S2-2. The third-order valence-corrected chi connectivity index (χ3v) is 4.29. The second-order valence-electron chi connectivity index (χ2n) is 4.48. The summed E-state index contributed by atoms with van der Waals surface area (Å²) >= 11 is 5.68. The number of aliphatic carboxylic acids is 2. The van der Waals surface area contributed by atoms with E-state index in [9.17, 15) is 29.0 Å². The number of nitrogens with zero attached hydrogens (tertiary/aromatic N) is 1. The van der Waals surface area contributed by atoms with Crippen LogP contribution in [0.2, 0.25) is 0 Å². The van der Waals surface area contributed by atoms with Gasteiger partial charge in [-0.1, -0.05) is 42.2 Å². The predicted molar refractivity (Wildman–Crippen MR) is 79.8 cm³/mol. The van der Waals surface area contributed by atoms with Crippen LogP contribution in [0.1, 0.15) is 12.0 Å². The summed E-state index contributed by atoms with van der Waals surface area (Å²) in [5.74, 6) is -4.81. The van der Waals surface area contributed by atoms with Crippen molar-refractivity contribution in [2.24, 2.45) is 0 Å². The van der Waals surface area contributed by atoms with Crippen LogP contribution in [-0.4, -0.2) is 33.1 Å². The fourth-order valence-electron chi connectivity index (χ4n) is 1.92. The minimum Gasteiger partial charge on any atom is -0.550 e. The Balaban J connectivity index is 2.34. The summed E-state index contributed by atoms with van der Waals surface area (Å²) in [4.78, 5) is 34.6. The van der Waals surface area contributed by atoms with E-state index in [0.717, 1.165) is 11.8 Å². The van der Waals surface area contributed by atoms with Gasteiger partial charge in [-0.2, -0.15) is 0 Å². The standard InChI is InChI=1S/C14H10FNO5S2/c15-8-4-2-1-3-7(8)5-10-12(19)16(14(22)23-10)9(13(20)21)6-11(17)18/h1-5,9H,6H2,(H,17,18)(H,20,21)/p-2/b10-5-/t9-/m1/s1. The smallest absolute Gasteiger partial charge is 0.266 e. The first-order valence-electron chi connectivity index (χ1n) is 6.23. The SMILES string of the molecule is O=C([O-])C[C@H](C(=O)[O-])N1C(=O)/C(=C/c2ccccc2F)SC1=S. The van der Waals surface area contributed by atoms with Crippen molar-refractivity contribution < 1.29 is 29.0 Å². The maximum absolute atomic E-state index is 13.6. The molecule has 0 aromatic heterocycles. The highest BCUT2D eigenvalue weighted by atomic mass is 32.2. The topological polar surface area (TPSA) is 101 Å². The maximum atomic E-state index is 13.6. The molecular weight excluding hydrogens is 345 g/mol. The van der Waals surface area contributed by atoms with Crippen molar-refractivity contribution in [2.45, 2.75) is 12.5 Å². The van der Waals surface area contributed by atoms with E-state index >= 15 is 0 Å². The van der Waals surface area contributed by atoms with Gasteiger partial charge in [0.05, 0.1) is 16.9 Å². The van der Waals surface area contributed by atoms with E-state index in [2.05, 4.69) is 0 Å². The number of benzene rings is 1. The number of carboxylic acid groups (broad SMARTS) is 2. The van der Waals surface area contributed by atoms with Crippen molar-refractivity contribution in [1.82, 2.24) is 4.90 Å². The van der Waals surface area contributed by atoms with Crippen molar-refractivity contribution in [3.05, 3.63) is 40.6 Å². The molecule has 2 rings (SSSR count). The minimum atomic E-state index is -1.78. The molecule has 0 N–H and O–H groups in total. The molecule has 1 aromatic carbocycles. The summed E-state index contributed by atoms with van der Waals surface area (Å²) in [5.41, 5.74) is 0.123. The van der Waals surface area contributed by atoms with Gasteiger partial charge in [-0.3, -0.25) is 9.69 Å². The predicted octanol–water partition coefficient (Wildman–Crippen LogP) is -0.715. The van der Waals surface area contributed by atoms with Crippen molar-refractivity contribution in [1.29, 1.82) is 0 Å². The molecule has 1 fully saturated rings. The van der Waals surface area contributed by atoms with Crippen LogP contribution in [0.4, 0.5) is 4.39 Å². The van der Waals surface area contributed by atoms with Crippen LogP contribution in [-0.2, 0) is 14.4 Å². The van der Waals surface area contributed by atoms with E-state index in [0.29, 0.717) is 4.90 Å². The lowest BCUT2D eigenvalue weighted by Crippen LogP contribution is -2.52. The van der Waals surface area contributed by atoms with Crippen molar-refractivity contribution in [2.75, 3.05) is 0 Å². The lowest BCUT2D eigenvalue weighted by atomic mass is 10.1. The highest BCUT2D eigenvalue weighted by molar-refractivity contribution is 8.26. The van der Waals surface area contributed by atoms with E-state index in [1.54, 1.807) is 6.07 Å². The summed E-state index contributed by atoms with van der Waals surface area (Å²) < 4.78 is 13.5. The second-order valence-corrected chi connectivity index (χ2v) is 6.16. The van der Waals surface area contributed by atoms with Gasteiger partial charge in [0, 0.05) is 18.0 Å². The van der Waals surface area contributed by atoms with Gasteiger partial charge < -0.3 is 19.8 Å². The van der Waals surface area contributed by atoms with Gasteiger partial charge in [0.2, 0.25) is 0 Å². The van der Waals surface area contributed by atoms with Gasteiger partial charge >= 0.3 is 0 Å². The first-order valence-corrected chi connectivity index (χ1v) is 7.46. The molecule has 1 heterocycles. The summed E-state index contributed by atoms with van der Waals surface area (Å²) in [5, 5.41) is 21.7. The van der Waals surface area contributed by atoms with Crippen LogP contribution in [0.15, 0.2) is 29.2 Å². The molecule has 1 atom stereocenters. The lowest BCUT2D eigenvalue weighted by Gasteiger charge is -2.27. The first-order chi connectivity index (χ1) is 10.8. The van der Waals surface area contributed by atoms with Crippen molar-refractivity contribution in [3.63, 3.8) is 0 Å². The fourth-order valence-corrected chi connectivity index (χ4v) is 3.27. The lowest BCUT2D eigenvalue weighted by molar-refractivity contribution is -0.319. The average molecular weight is 353 g/mol. The molecule has 0 aliphatic carbocycles. The second kappa shape index (κ2) is 6.88. The van der Waals surface area contributed by atoms with Crippen molar-refractivity contribution in [3.8, 4) is 0 Å². The molecule has 0 bridgehead atoms. The van der Waals surface area contributed by atoms with Gasteiger partial charge in [-0.05, 0) is 12.1 Å². The Morgan fingerprint density at radius 3 is 2.57 bits per heavy atom. The molecule has 1 amide bonds. The van der Waals surface area contributed by atoms with E-state index in [1.165, 1.54) is 24.3 Å². The highest BCUT2D eigenvalue weighted by Crippen LogP contribution is 2.34. The number of halogens is 1. The monoisotopic (exact) mass is 353 g/mol. The molecule has 1 saturated heterocycles. The Hall–Kier alpha value is -2.26. The van der Waals surface area contributed by atoms with E-state index in [4.69, 9.17) is 12.2 Å². The van der Waals surface area contributed by atoms with Crippen LogP contribution in [0, 0.1) is 5.82 Å². The van der Waals surface area contributed by atoms with E-state index in [1.807, 2.05) is 0 Å². The Kier molecular flexibility index (Phi) is 5.12. The van der Waals surface area contributed by atoms with Gasteiger partial charge in [-0.15, -0.1) is 0 Å². The van der Waals surface area contributed by atoms with Gasteiger partial charge in [0.15, 0.2) is 0 Å². The Bertz CT molecular complexity index is 734. The van der Waals surface area contributed by atoms with Crippen LogP contribution >= 0.6 is 24.0 Å². The number of rotatable bonds is 5. The average Bonchev–Trinajstić information content (AvgIpc) is 2.73. The minimum absolute atomic E-state index is 0.00954. The zero-order valence-corrected chi connectivity index (χ0v) is 13.0. The number of carboxylic acids is 2. The number of carbonyl (C=O) groups excluding carboxylic acids is 3. The first kappa shape index (κ1) is 17.1. The number of hydrogen-bond donors (Lipinski definition) is 0. The van der Waals surface area contributed by atoms with Crippen LogP contribution < -0.4 is 10.2 Å². The van der Waals surface area contributed by atoms with E-state index in [-0.39, 0.29) is 14.8 Å². The zero-order chi connectivity index (χ0) is 17.1. The molecule has 23 heavy (non-hydrogen) atoms. The molecule has 6 nitrogen and oxygen atoms in total. The molecule has 0 unspecified atom stereocenters. The summed E-state index contributed by atoms with van der Waals surface area (Å²) in [6, 6.07) is 3.89. The van der Waals surface area contributed by atoms with Crippen molar-refractivity contribution >= 4 is 52.2 Å². The molecule has 1 aliphatic rings. The van der Waals surface area contributed by atoms with E-state index < -0.39 is 36.1 Å². The molecule has 120 valence electrons. The number of thioether (sulfide) groups is 1.